The van der Waals surface area contributed by atoms with E-state index in [2.05, 4.69) is 12.2 Å². The molecule has 1 aliphatic rings. The summed E-state index contributed by atoms with van der Waals surface area (Å²) in [5.74, 6) is 0.879. The Morgan fingerprint density at radius 2 is 2.20 bits per heavy atom. The van der Waals surface area contributed by atoms with Crippen molar-refractivity contribution < 1.29 is 5.11 Å². The van der Waals surface area contributed by atoms with Crippen LogP contribution in [0.1, 0.15) is 26.2 Å². The summed E-state index contributed by atoms with van der Waals surface area (Å²) in [6.07, 6.45) is 3.84. The van der Waals surface area contributed by atoms with Gasteiger partial charge in [-0.25, -0.2) is 0 Å². The molecule has 1 rings (SSSR count). The summed E-state index contributed by atoms with van der Waals surface area (Å²) in [4.78, 5) is 0. The Morgan fingerprint density at radius 3 is 2.50 bits per heavy atom. The topological polar surface area (TPSA) is 32.3 Å². The summed E-state index contributed by atoms with van der Waals surface area (Å²) in [6, 6.07) is 0. The lowest BCUT2D eigenvalue weighted by molar-refractivity contribution is 0.168. The lowest BCUT2D eigenvalue weighted by Gasteiger charge is -2.26. The molecule has 2 heteroatoms. The van der Waals surface area contributed by atoms with E-state index in [9.17, 15) is 0 Å². The van der Waals surface area contributed by atoms with Crippen molar-refractivity contribution in [3.63, 3.8) is 0 Å². The maximum atomic E-state index is 9.00. The largest absolute Gasteiger partial charge is 0.394 e. The second-order valence-corrected chi connectivity index (χ2v) is 3.62. The van der Waals surface area contributed by atoms with Gasteiger partial charge in [-0.3, -0.25) is 0 Å². The summed E-state index contributed by atoms with van der Waals surface area (Å²) < 4.78 is 0. The van der Waals surface area contributed by atoms with E-state index in [-0.39, 0.29) is 12.1 Å². The average Bonchev–Trinajstić information content (AvgIpc) is 2.72. The minimum atomic E-state index is -0.0266. The monoisotopic (exact) mass is 143 g/mol. The molecule has 0 radical (unpaired) electrons. The summed E-state index contributed by atoms with van der Waals surface area (Å²) >= 11 is 0. The number of hydrogen-bond acceptors (Lipinski definition) is 2. The van der Waals surface area contributed by atoms with E-state index in [1.54, 1.807) is 0 Å². The molecule has 0 saturated heterocycles. The molecule has 1 unspecified atom stereocenters. The molecule has 2 N–H and O–H groups in total. The Labute approximate surface area is 62.6 Å². The molecule has 0 amide bonds. The number of rotatable bonds is 4. The average molecular weight is 143 g/mol. The predicted octanol–water partition coefficient (Wildman–Crippen LogP) is 0.757. The van der Waals surface area contributed by atoms with Crippen LogP contribution in [0.15, 0.2) is 0 Å². The number of aliphatic hydroxyl groups is 1. The fourth-order valence-corrected chi connectivity index (χ4v) is 1.20. The van der Waals surface area contributed by atoms with Gasteiger partial charge in [0.05, 0.1) is 6.61 Å². The number of likely N-dealkylation sites (N-methyl/N-ethyl adjacent to an activating group) is 1. The maximum absolute atomic E-state index is 9.00. The Bertz CT molecular complexity index is 106. The highest BCUT2D eigenvalue weighted by Gasteiger charge is 2.31. The lowest BCUT2D eigenvalue weighted by Crippen LogP contribution is -2.43. The van der Waals surface area contributed by atoms with Gasteiger partial charge in [0.25, 0.3) is 0 Å². The Hall–Kier alpha value is -0.0800. The van der Waals surface area contributed by atoms with E-state index in [4.69, 9.17) is 5.11 Å². The van der Waals surface area contributed by atoms with Crippen molar-refractivity contribution in [1.29, 1.82) is 0 Å². The van der Waals surface area contributed by atoms with Gasteiger partial charge in [-0.15, -0.1) is 0 Å². The highest BCUT2D eigenvalue weighted by atomic mass is 16.3. The van der Waals surface area contributed by atoms with Gasteiger partial charge >= 0.3 is 0 Å². The SMILES string of the molecule is CNC(C)(CO)CC1CC1. The highest BCUT2D eigenvalue weighted by Crippen LogP contribution is 2.36. The Kier molecular flexibility index (Phi) is 2.32. The van der Waals surface area contributed by atoms with Gasteiger partial charge in [0.2, 0.25) is 0 Å². The number of aliphatic hydroxyl groups excluding tert-OH is 1. The van der Waals surface area contributed by atoms with Crippen LogP contribution >= 0.6 is 0 Å². The van der Waals surface area contributed by atoms with E-state index >= 15 is 0 Å². The summed E-state index contributed by atoms with van der Waals surface area (Å²) in [5.41, 5.74) is -0.0266. The third kappa shape index (κ3) is 1.96. The van der Waals surface area contributed by atoms with Gasteiger partial charge < -0.3 is 10.4 Å². The molecule has 1 aliphatic carbocycles. The molecular formula is C8H17NO. The molecule has 2 nitrogen and oxygen atoms in total. The van der Waals surface area contributed by atoms with Crippen LogP contribution in [0.2, 0.25) is 0 Å². The molecule has 10 heavy (non-hydrogen) atoms. The van der Waals surface area contributed by atoms with Gasteiger partial charge in [0.1, 0.15) is 0 Å². The second kappa shape index (κ2) is 2.89. The van der Waals surface area contributed by atoms with Crippen LogP contribution in [0.25, 0.3) is 0 Å². The standard InChI is InChI=1S/C8H17NO/c1-8(6-10,9-2)5-7-3-4-7/h7,9-10H,3-6H2,1-2H3. The summed E-state index contributed by atoms with van der Waals surface area (Å²) in [6.45, 7) is 2.32. The fourth-order valence-electron chi connectivity index (χ4n) is 1.20. The van der Waals surface area contributed by atoms with Crippen LogP contribution in [0.4, 0.5) is 0 Å². The Morgan fingerprint density at radius 1 is 1.60 bits per heavy atom. The van der Waals surface area contributed by atoms with E-state index in [1.165, 1.54) is 12.8 Å². The zero-order valence-corrected chi connectivity index (χ0v) is 6.85. The molecule has 1 fully saturated rings. The van der Waals surface area contributed by atoms with E-state index in [0.29, 0.717) is 0 Å². The zero-order chi connectivity index (χ0) is 7.61. The van der Waals surface area contributed by atoms with Gasteiger partial charge in [-0.2, -0.15) is 0 Å². The highest BCUT2D eigenvalue weighted by molar-refractivity contribution is 4.88. The van der Waals surface area contributed by atoms with Crippen LogP contribution in [0.3, 0.4) is 0 Å². The van der Waals surface area contributed by atoms with Crippen LogP contribution in [-0.4, -0.2) is 24.3 Å². The number of hydrogen-bond donors (Lipinski definition) is 2. The molecule has 0 heterocycles. The molecule has 1 saturated carbocycles. The summed E-state index contributed by atoms with van der Waals surface area (Å²) in [5, 5.41) is 12.1. The molecule has 0 bridgehead atoms. The van der Waals surface area contributed by atoms with Crippen molar-refractivity contribution in [2.24, 2.45) is 5.92 Å². The van der Waals surface area contributed by atoms with Crippen molar-refractivity contribution >= 4 is 0 Å². The first-order valence-electron chi connectivity index (χ1n) is 4.00. The first-order chi connectivity index (χ1) is 4.70. The van der Waals surface area contributed by atoms with Gasteiger partial charge in [-0.1, -0.05) is 12.8 Å². The van der Waals surface area contributed by atoms with E-state index < -0.39 is 0 Å². The van der Waals surface area contributed by atoms with Crippen molar-refractivity contribution in [3.8, 4) is 0 Å². The van der Waals surface area contributed by atoms with E-state index in [1.807, 2.05) is 7.05 Å². The lowest BCUT2D eigenvalue weighted by atomic mass is 9.96. The van der Waals surface area contributed by atoms with Gasteiger partial charge in [0.15, 0.2) is 0 Å². The normalized spacial score (nSPS) is 24.3. The molecule has 60 valence electrons. The van der Waals surface area contributed by atoms with Crippen LogP contribution < -0.4 is 5.32 Å². The first kappa shape index (κ1) is 8.02. The van der Waals surface area contributed by atoms with Crippen molar-refractivity contribution in [2.45, 2.75) is 31.7 Å². The maximum Gasteiger partial charge on any atom is 0.0610 e. The molecule has 0 aliphatic heterocycles. The van der Waals surface area contributed by atoms with Crippen molar-refractivity contribution in [1.82, 2.24) is 5.32 Å². The minimum Gasteiger partial charge on any atom is -0.394 e. The second-order valence-electron chi connectivity index (χ2n) is 3.62. The van der Waals surface area contributed by atoms with Gasteiger partial charge in [-0.05, 0) is 26.3 Å². The molecule has 0 aromatic heterocycles. The fraction of sp³-hybridized carbons (Fsp3) is 1.00. The van der Waals surface area contributed by atoms with Crippen molar-refractivity contribution in [3.05, 3.63) is 0 Å². The molecule has 0 aromatic rings. The van der Waals surface area contributed by atoms with Crippen molar-refractivity contribution in [2.75, 3.05) is 13.7 Å². The first-order valence-corrected chi connectivity index (χ1v) is 4.00. The smallest absolute Gasteiger partial charge is 0.0610 e. The number of nitrogens with one attached hydrogen (secondary N) is 1. The predicted molar refractivity (Wildman–Crippen MR) is 41.9 cm³/mol. The molecule has 0 aromatic carbocycles. The minimum absolute atomic E-state index is 0.0266. The Balaban J connectivity index is 2.29. The third-order valence-electron chi connectivity index (χ3n) is 2.39. The van der Waals surface area contributed by atoms with Gasteiger partial charge in [0, 0.05) is 5.54 Å². The summed E-state index contributed by atoms with van der Waals surface area (Å²) in [7, 11) is 1.92. The third-order valence-corrected chi connectivity index (χ3v) is 2.39. The zero-order valence-electron chi connectivity index (χ0n) is 6.85. The van der Waals surface area contributed by atoms with Crippen LogP contribution in [-0.2, 0) is 0 Å². The van der Waals surface area contributed by atoms with Crippen LogP contribution in [0.5, 0.6) is 0 Å². The molecule has 0 spiro atoms. The molecular weight excluding hydrogens is 126 g/mol. The van der Waals surface area contributed by atoms with Crippen LogP contribution in [0, 0.1) is 5.92 Å². The quantitative estimate of drug-likeness (QED) is 0.609. The molecule has 1 atom stereocenters. The van der Waals surface area contributed by atoms with E-state index in [0.717, 1.165) is 12.3 Å².